The third kappa shape index (κ3) is 2.78. The molecular weight excluding hydrogens is 274 g/mol. The Kier molecular flexibility index (Phi) is 4.30. The van der Waals surface area contributed by atoms with E-state index < -0.39 is 0 Å². The molecule has 1 heterocycles. The molecule has 0 aliphatic heterocycles. The van der Waals surface area contributed by atoms with Crippen molar-refractivity contribution in [1.82, 2.24) is 4.57 Å². The molecule has 0 saturated heterocycles. The normalized spacial score (nSPS) is 10.3. The van der Waals surface area contributed by atoms with Crippen LogP contribution in [0.3, 0.4) is 0 Å². The number of benzene rings is 1. The Morgan fingerprint density at radius 1 is 1.35 bits per heavy atom. The molecule has 0 bridgehead atoms. The van der Waals surface area contributed by atoms with Crippen LogP contribution in [0.25, 0.3) is 11.3 Å². The zero-order chi connectivity index (χ0) is 14.7. The van der Waals surface area contributed by atoms with E-state index in [0.717, 1.165) is 22.6 Å². The molecule has 0 radical (unpaired) electrons. The first-order valence-corrected chi connectivity index (χ1v) is 6.62. The van der Waals surface area contributed by atoms with Crippen LogP contribution in [0.15, 0.2) is 47.8 Å². The number of hydrogen-bond acceptors (Lipinski definition) is 2. The van der Waals surface area contributed by atoms with Gasteiger partial charge in [-0.15, -0.1) is 0 Å². The predicted octanol–water partition coefficient (Wildman–Crippen LogP) is 3.58. The van der Waals surface area contributed by atoms with Crippen LogP contribution in [0.5, 0.6) is 5.75 Å². The van der Waals surface area contributed by atoms with E-state index in [9.17, 15) is 4.79 Å². The first-order valence-electron chi connectivity index (χ1n) is 6.25. The van der Waals surface area contributed by atoms with Crippen LogP contribution < -0.4 is 10.3 Å². The Morgan fingerprint density at radius 3 is 2.75 bits per heavy atom. The molecule has 0 N–H and O–H groups in total. The molecule has 0 amide bonds. The Hall–Kier alpha value is -2.00. The van der Waals surface area contributed by atoms with Gasteiger partial charge < -0.3 is 9.30 Å². The number of nitrogens with zero attached hydrogens (tertiary/aromatic N) is 1. The number of aromatic nitrogens is 1. The maximum absolute atomic E-state index is 11.9. The second-order valence-corrected chi connectivity index (χ2v) is 4.91. The molecule has 0 atom stereocenters. The van der Waals surface area contributed by atoms with Gasteiger partial charge in [-0.05, 0) is 42.8 Å². The minimum Gasteiger partial charge on any atom is -0.490 e. The SMILES string of the molecule is C=CCOc1ccc(-c2ccc(Cl)c(=O)n2C)c(C)c1. The minimum absolute atomic E-state index is 0.199. The molecule has 2 rings (SSSR count). The molecule has 0 unspecified atom stereocenters. The highest BCUT2D eigenvalue weighted by molar-refractivity contribution is 6.30. The molecule has 0 saturated carbocycles. The Balaban J connectivity index is 2.46. The number of aryl methyl sites for hydroxylation is 1. The van der Waals surface area contributed by atoms with Crippen molar-refractivity contribution in [2.24, 2.45) is 7.05 Å². The van der Waals surface area contributed by atoms with E-state index in [1.165, 1.54) is 0 Å². The standard InChI is InChI=1S/C16H16ClNO2/c1-4-9-20-12-5-6-13(11(2)10-12)15-8-7-14(17)16(19)18(15)3/h4-8,10H,1,9H2,2-3H3. The summed E-state index contributed by atoms with van der Waals surface area (Å²) in [6.07, 6.45) is 1.70. The van der Waals surface area contributed by atoms with Crippen LogP contribution in [-0.4, -0.2) is 11.2 Å². The molecular formula is C16H16ClNO2. The third-order valence-corrected chi connectivity index (χ3v) is 3.39. The summed E-state index contributed by atoms with van der Waals surface area (Å²) in [5.74, 6) is 0.783. The first-order chi connectivity index (χ1) is 9.54. The Morgan fingerprint density at radius 2 is 2.10 bits per heavy atom. The van der Waals surface area contributed by atoms with Crippen molar-refractivity contribution in [2.45, 2.75) is 6.92 Å². The molecule has 0 aliphatic rings. The summed E-state index contributed by atoms with van der Waals surface area (Å²) >= 11 is 5.83. The molecule has 104 valence electrons. The van der Waals surface area contributed by atoms with Crippen LogP contribution in [0.1, 0.15) is 5.56 Å². The largest absolute Gasteiger partial charge is 0.490 e. The monoisotopic (exact) mass is 289 g/mol. The zero-order valence-electron chi connectivity index (χ0n) is 11.5. The highest BCUT2D eigenvalue weighted by atomic mass is 35.5. The average Bonchev–Trinajstić information content (AvgIpc) is 2.44. The lowest BCUT2D eigenvalue weighted by Gasteiger charge is -2.13. The lowest BCUT2D eigenvalue weighted by atomic mass is 10.0. The van der Waals surface area contributed by atoms with Gasteiger partial charge in [-0.2, -0.15) is 0 Å². The first kappa shape index (κ1) is 14.4. The highest BCUT2D eigenvalue weighted by Crippen LogP contribution is 2.26. The maximum Gasteiger partial charge on any atom is 0.269 e. The summed E-state index contributed by atoms with van der Waals surface area (Å²) in [5.41, 5.74) is 2.64. The van der Waals surface area contributed by atoms with E-state index in [2.05, 4.69) is 6.58 Å². The van der Waals surface area contributed by atoms with Crippen molar-refractivity contribution >= 4 is 11.6 Å². The van der Waals surface area contributed by atoms with Gasteiger partial charge in [0.2, 0.25) is 0 Å². The lowest BCUT2D eigenvalue weighted by molar-refractivity contribution is 0.363. The van der Waals surface area contributed by atoms with Gasteiger partial charge in [0.15, 0.2) is 0 Å². The van der Waals surface area contributed by atoms with Crippen molar-refractivity contribution in [3.8, 4) is 17.0 Å². The lowest BCUT2D eigenvalue weighted by Crippen LogP contribution is -2.18. The molecule has 3 nitrogen and oxygen atoms in total. The third-order valence-electron chi connectivity index (χ3n) is 3.10. The second kappa shape index (κ2) is 5.97. The fourth-order valence-corrected chi connectivity index (χ4v) is 2.23. The molecule has 0 spiro atoms. The van der Waals surface area contributed by atoms with E-state index in [1.807, 2.05) is 31.2 Å². The van der Waals surface area contributed by atoms with Gasteiger partial charge in [0, 0.05) is 12.6 Å². The van der Waals surface area contributed by atoms with Crippen molar-refractivity contribution in [1.29, 1.82) is 0 Å². The van der Waals surface area contributed by atoms with Crippen LogP contribution >= 0.6 is 11.6 Å². The fraction of sp³-hybridized carbons (Fsp3) is 0.188. The van der Waals surface area contributed by atoms with Crippen LogP contribution in [0.4, 0.5) is 0 Å². The number of ether oxygens (including phenoxy) is 1. The molecule has 0 aliphatic carbocycles. The van der Waals surface area contributed by atoms with Crippen molar-refractivity contribution in [2.75, 3.05) is 6.61 Å². The Bertz CT molecular complexity index is 704. The van der Waals surface area contributed by atoms with Gasteiger partial charge in [0.05, 0.1) is 5.69 Å². The van der Waals surface area contributed by atoms with Gasteiger partial charge in [-0.3, -0.25) is 4.79 Å². The number of hydrogen-bond donors (Lipinski definition) is 0. The van der Waals surface area contributed by atoms with Gasteiger partial charge >= 0.3 is 0 Å². The van der Waals surface area contributed by atoms with Gasteiger partial charge in [-0.25, -0.2) is 0 Å². The van der Waals surface area contributed by atoms with Crippen LogP contribution in [0.2, 0.25) is 5.02 Å². The van der Waals surface area contributed by atoms with Crippen molar-refractivity contribution in [3.05, 3.63) is 63.9 Å². The summed E-state index contributed by atoms with van der Waals surface area (Å²) in [6.45, 7) is 6.07. The summed E-state index contributed by atoms with van der Waals surface area (Å²) < 4.78 is 7.04. The molecule has 2 aromatic rings. The minimum atomic E-state index is -0.199. The van der Waals surface area contributed by atoms with E-state index in [1.54, 1.807) is 23.8 Å². The zero-order valence-corrected chi connectivity index (χ0v) is 12.3. The smallest absolute Gasteiger partial charge is 0.269 e. The number of halogens is 1. The second-order valence-electron chi connectivity index (χ2n) is 4.51. The molecule has 1 aromatic heterocycles. The van der Waals surface area contributed by atoms with E-state index >= 15 is 0 Å². The quantitative estimate of drug-likeness (QED) is 0.806. The van der Waals surface area contributed by atoms with Crippen molar-refractivity contribution < 1.29 is 4.74 Å². The highest BCUT2D eigenvalue weighted by Gasteiger charge is 2.09. The molecule has 20 heavy (non-hydrogen) atoms. The fourth-order valence-electron chi connectivity index (χ4n) is 2.04. The number of rotatable bonds is 4. The van der Waals surface area contributed by atoms with Gasteiger partial charge in [0.25, 0.3) is 5.56 Å². The van der Waals surface area contributed by atoms with Crippen LogP contribution in [-0.2, 0) is 7.05 Å². The predicted molar refractivity (Wildman–Crippen MR) is 82.6 cm³/mol. The van der Waals surface area contributed by atoms with Crippen LogP contribution in [0, 0.1) is 6.92 Å². The Labute approximate surface area is 123 Å². The summed E-state index contributed by atoms with van der Waals surface area (Å²) in [4.78, 5) is 11.9. The summed E-state index contributed by atoms with van der Waals surface area (Å²) in [5, 5.41) is 0.222. The molecule has 0 fully saturated rings. The molecule has 1 aromatic carbocycles. The van der Waals surface area contributed by atoms with E-state index in [0.29, 0.717) is 6.61 Å². The average molecular weight is 290 g/mol. The summed E-state index contributed by atoms with van der Waals surface area (Å²) in [6, 6.07) is 9.23. The molecule has 4 heteroatoms. The van der Waals surface area contributed by atoms with E-state index in [4.69, 9.17) is 16.3 Å². The van der Waals surface area contributed by atoms with Gasteiger partial charge in [0.1, 0.15) is 17.4 Å². The summed E-state index contributed by atoms with van der Waals surface area (Å²) in [7, 11) is 1.71. The van der Waals surface area contributed by atoms with E-state index in [-0.39, 0.29) is 10.6 Å². The maximum atomic E-state index is 11.9. The topological polar surface area (TPSA) is 31.2 Å². The van der Waals surface area contributed by atoms with Gasteiger partial charge in [-0.1, -0.05) is 24.3 Å². The number of pyridine rings is 1. The van der Waals surface area contributed by atoms with Crippen molar-refractivity contribution in [3.63, 3.8) is 0 Å².